The molecule has 3 nitrogen and oxygen atoms in total. The number of likely N-dealkylation sites (N-methyl/N-ethyl adjacent to an activating group) is 1. The van der Waals surface area contributed by atoms with E-state index in [2.05, 4.69) is 4.98 Å². The van der Waals surface area contributed by atoms with Gasteiger partial charge < -0.3 is 4.90 Å². The Morgan fingerprint density at radius 3 is 2.65 bits per heavy atom. The number of anilines is 1. The van der Waals surface area contributed by atoms with E-state index in [1.807, 2.05) is 19.2 Å². The molecule has 0 fully saturated rings. The first-order valence-corrected chi connectivity index (χ1v) is 7.15. The average Bonchev–Trinajstić information content (AvgIpc) is 2.85. The molecule has 0 atom stereocenters. The molecule has 0 N–H and O–H groups in total. The number of halogens is 1. The van der Waals surface area contributed by atoms with Gasteiger partial charge in [-0.1, -0.05) is 0 Å². The van der Waals surface area contributed by atoms with Crippen molar-refractivity contribution in [2.24, 2.45) is 0 Å². The van der Waals surface area contributed by atoms with Crippen LogP contribution in [0.5, 0.6) is 0 Å². The molecule has 1 aromatic carbocycles. The molecule has 5 heteroatoms. The van der Waals surface area contributed by atoms with Gasteiger partial charge in [0, 0.05) is 23.7 Å². The van der Waals surface area contributed by atoms with Crippen molar-refractivity contribution in [2.75, 3.05) is 11.4 Å². The number of benzene rings is 1. The minimum atomic E-state index is -0.314. The van der Waals surface area contributed by atoms with E-state index in [1.165, 1.54) is 29.5 Å². The third-order valence-corrected chi connectivity index (χ3v) is 3.55. The molecule has 0 radical (unpaired) electrons. The van der Waals surface area contributed by atoms with Gasteiger partial charge in [-0.3, -0.25) is 4.79 Å². The molecule has 2 aromatic rings. The van der Waals surface area contributed by atoms with Crippen molar-refractivity contribution >= 4 is 29.0 Å². The van der Waals surface area contributed by atoms with Crippen LogP contribution >= 0.6 is 11.3 Å². The largest absolute Gasteiger partial charge is 0.309 e. The molecule has 0 aliphatic heterocycles. The lowest BCUT2D eigenvalue weighted by atomic mass is 10.2. The normalized spacial score (nSPS) is 10.9. The van der Waals surface area contributed by atoms with Crippen LogP contribution in [0.2, 0.25) is 0 Å². The van der Waals surface area contributed by atoms with Crippen LogP contribution < -0.4 is 4.90 Å². The van der Waals surface area contributed by atoms with Crippen LogP contribution in [0.3, 0.4) is 0 Å². The summed E-state index contributed by atoms with van der Waals surface area (Å²) in [6, 6.07) is 5.88. The molecule has 2 rings (SSSR count). The zero-order valence-corrected chi connectivity index (χ0v) is 12.2. The molecule has 0 aliphatic carbocycles. The maximum absolute atomic E-state index is 12.9. The molecule has 1 amide bonds. The Morgan fingerprint density at radius 1 is 1.40 bits per heavy atom. The van der Waals surface area contributed by atoms with Gasteiger partial charge in [-0.15, -0.1) is 11.3 Å². The monoisotopic (exact) mass is 290 g/mol. The van der Waals surface area contributed by atoms with Crippen LogP contribution in [-0.4, -0.2) is 17.4 Å². The standard InChI is InChI=1S/C15H15FN2OS/c1-3-18(14-7-4-12(16)5-8-14)15(19)9-6-13-10-20-11(2)17-13/h4-10H,3H2,1-2H3/b9-6+. The van der Waals surface area contributed by atoms with E-state index in [0.717, 1.165) is 10.7 Å². The second-order valence-corrected chi connectivity index (χ2v) is 5.25. The number of carbonyl (C=O) groups excluding carboxylic acids is 1. The Hall–Kier alpha value is -2.01. The smallest absolute Gasteiger partial charge is 0.251 e. The molecule has 0 bridgehead atoms. The summed E-state index contributed by atoms with van der Waals surface area (Å²) in [5.41, 5.74) is 1.45. The molecular formula is C15H15FN2OS. The van der Waals surface area contributed by atoms with Gasteiger partial charge in [0.1, 0.15) is 5.82 Å². The van der Waals surface area contributed by atoms with E-state index in [1.54, 1.807) is 23.1 Å². The summed E-state index contributed by atoms with van der Waals surface area (Å²) in [5, 5.41) is 2.86. The summed E-state index contributed by atoms with van der Waals surface area (Å²) in [4.78, 5) is 18.0. The number of rotatable bonds is 4. The van der Waals surface area contributed by atoms with E-state index >= 15 is 0 Å². The van der Waals surface area contributed by atoms with E-state index < -0.39 is 0 Å². The number of aromatic nitrogens is 1. The first kappa shape index (κ1) is 14.4. The maximum atomic E-state index is 12.9. The zero-order valence-electron chi connectivity index (χ0n) is 11.3. The highest BCUT2D eigenvalue weighted by Crippen LogP contribution is 2.16. The third-order valence-electron chi connectivity index (χ3n) is 2.75. The number of hydrogen-bond donors (Lipinski definition) is 0. The Kier molecular flexibility index (Phi) is 4.63. The molecule has 1 aromatic heterocycles. The van der Waals surface area contributed by atoms with Gasteiger partial charge in [0.05, 0.1) is 10.7 Å². The van der Waals surface area contributed by atoms with E-state index in [9.17, 15) is 9.18 Å². The SMILES string of the molecule is CCN(C(=O)/C=C/c1csc(C)n1)c1ccc(F)cc1. The summed E-state index contributed by atoms with van der Waals surface area (Å²) in [5.74, 6) is -0.462. The van der Waals surface area contributed by atoms with Gasteiger partial charge in [-0.25, -0.2) is 9.37 Å². The summed E-state index contributed by atoms with van der Waals surface area (Å²) < 4.78 is 12.9. The highest BCUT2D eigenvalue weighted by molar-refractivity contribution is 7.09. The van der Waals surface area contributed by atoms with Crippen molar-refractivity contribution in [3.8, 4) is 0 Å². The fraction of sp³-hybridized carbons (Fsp3) is 0.200. The van der Waals surface area contributed by atoms with Gasteiger partial charge in [0.15, 0.2) is 0 Å². The first-order valence-electron chi connectivity index (χ1n) is 6.27. The zero-order chi connectivity index (χ0) is 14.5. The molecular weight excluding hydrogens is 275 g/mol. The van der Waals surface area contributed by atoms with E-state index in [-0.39, 0.29) is 11.7 Å². The van der Waals surface area contributed by atoms with Crippen molar-refractivity contribution < 1.29 is 9.18 Å². The Balaban J connectivity index is 2.13. The lowest BCUT2D eigenvalue weighted by molar-refractivity contribution is -0.114. The van der Waals surface area contributed by atoms with Gasteiger partial charge in [-0.2, -0.15) is 0 Å². The molecule has 0 spiro atoms. The number of nitrogens with zero attached hydrogens (tertiary/aromatic N) is 2. The quantitative estimate of drug-likeness (QED) is 0.805. The van der Waals surface area contributed by atoms with Gasteiger partial charge in [0.25, 0.3) is 5.91 Å². The molecule has 20 heavy (non-hydrogen) atoms. The van der Waals surface area contributed by atoms with Crippen LogP contribution in [0, 0.1) is 12.7 Å². The second kappa shape index (κ2) is 6.43. The minimum Gasteiger partial charge on any atom is -0.309 e. The summed E-state index contributed by atoms with van der Waals surface area (Å²) in [6.45, 7) is 4.31. The van der Waals surface area contributed by atoms with Gasteiger partial charge in [-0.05, 0) is 44.2 Å². The van der Waals surface area contributed by atoms with E-state index in [4.69, 9.17) is 0 Å². The molecule has 1 heterocycles. The Labute approximate surface area is 121 Å². The van der Waals surface area contributed by atoms with Crippen LogP contribution in [0.15, 0.2) is 35.7 Å². The Morgan fingerprint density at radius 2 is 2.10 bits per heavy atom. The van der Waals surface area contributed by atoms with Crippen molar-refractivity contribution in [2.45, 2.75) is 13.8 Å². The van der Waals surface area contributed by atoms with Crippen molar-refractivity contribution in [3.63, 3.8) is 0 Å². The van der Waals surface area contributed by atoms with Gasteiger partial charge in [0.2, 0.25) is 0 Å². The third kappa shape index (κ3) is 3.51. The van der Waals surface area contributed by atoms with Crippen molar-refractivity contribution in [1.29, 1.82) is 0 Å². The molecule has 0 saturated heterocycles. The predicted molar refractivity (Wildman–Crippen MR) is 80.3 cm³/mol. The van der Waals surface area contributed by atoms with Crippen LogP contribution in [0.25, 0.3) is 6.08 Å². The predicted octanol–water partition coefficient (Wildman–Crippen LogP) is 3.66. The van der Waals surface area contributed by atoms with E-state index in [0.29, 0.717) is 12.2 Å². The van der Waals surface area contributed by atoms with Crippen LogP contribution in [0.4, 0.5) is 10.1 Å². The summed E-state index contributed by atoms with van der Waals surface area (Å²) in [7, 11) is 0. The maximum Gasteiger partial charge on any atom is 0.251 e. The van der Waals surface area contributed by atoms with Crippen molar-refractivity contribution in [1.82, 2.24) is 4.98 Å². The topological polar surface area (TPSA) is 33.2 Å². The number of carbonyl (C=O) groups is 1. The van der Waals surface area contributed by atoms with Gasteiger partial charge >= 0.3 is 0 Å². The second-order valence-electron chi connectivity index (χ2n) is 4.18. The molecule has 104 valence electrons. The number of amides is 1. The molecule has 0 saturated carbocycles. The number of aryl methyl sites for hydroxylation is 1. The minimum absolute atomic E-state index is 0.148. The average molecular weight is 290 g/mol. The highest BCUT2D eigenvalue weighted by Gasteiger charge is 2.11. The summed E-state index contributed by atoms with van der Waals surface area (Å²) in [6.07, 6.45) is 3.18. The fourth-order valence-electron chi connectivity index (χ4n) is 1.79. The summed E-state index contributed by atoms with van der Waals surface area (Å²) >= 11 is 1.54. The molecule has 0 unspecified atom stereocenters. The van der Waals surface area contributed by atoms with Crippen molar-refractivity contribution in [3.05, 3.63) is 52.2 Å². The highest BCUT2D eigenvalue weighted by atomic mass is 32.1. The molecule has 0 aliphatic rings. The number of thiazole rings is 1. The first-order chi connectivity index (χ1) is 9.60. The lowest BCUT2D eigenvalue weighted by Gasteiger charge is -2.19. The fourth-order valence-corrected chi connectivity index (χ4v) is 2.37. The number of hydrogen-bond acceptors (Lipinski definition) is 3. The lowest BCUT2D eigenvalue weighted by Crippen LogP contribution is -2.28. The van der Waals surface area contributed by atoms with Crippen LogP contribution in [0.1, 0.15) is 17.6 Å². The Bertz CT molecular complexity index is 619. The van der Waals surface area contributed by atoms with Crippen LogP contribution in [-0.2, 0) is 4.79 Å².